The molecule has 2 heterocycles. The molecule has 7 heteroatoms. The Morgan fingerprint density at radius 2 is 1.93 bits per heavy atom. The van der Waals surface area contributed by atoms with Crippen molar-refractivity contribution in [1.29, 1.82) is 0 Å². The molecule has 0 bridgehead atoms. The Bertz CT molecular complexity index is 1040. The minimum atomic E-state index is -0.538. The number of hydrogen-bond donors (Lipinski definition) is 3. The number of rotatable bonds is 4. The summed E-state index contributed by atoms with van der Waals surface area (Å²) in [6.07, 6.45) is 0. The monoisotopic (exact) mass is 381 g/mol. The molecule has 0 aliphatic carbocycles. The van der Waals surface area contributed by atoms with Crippen LogP contribution in [0.1, 0.15) is 38.8 Å². The van der Waals surface area contributed by atoms with E-state index in [9.17, 15) is 19.4 Å². The third kappa shape index (κ3) is 2.75. The molecule has 0 saturated carbocycles. The second-order valence-electron chi connectivity index (χ2n) is 7.01. The van der Waals surface area contributed by atoms with Gasteiger partial charge < -0.3 is 15.1 Å². The van der Waals surface area contributed by atoms with Gasteiger partial charge in [-0.25, -0.2) is 4.39 Å². The van der Waals surface area contributed by atoms with Gasteiger partial charge in [0.2, 0.25) is 0 Å². The quantitative estimate of drug-likeness (QED) is 0.648. The summed E-state index contributed by atoms with van der Waals surface area (Å²) in [5, 5.41) is 27.1. The van der Waals surface area contributed by atoms with Gasteiger partial charge in [0.05, 0.1) is 12.6 Å². The highest BCUT2D eigenvalue weighted by atomic mass is 19.1. The highest BCUT2D eigenvalue weighted by molar-refractivity contribution is 6.00. The molecule has 0 radical (unpaired) electrons. The Labute approximate surface area is 161 Å². The highest BCUT2D eigenvalue weighted by Crippen LogP contribution is 2.45. The number of benzene rings is 2. The number of fused-ring (bicyclic) bond motifs is 1. The van der Waals surface area contributed by atoms with Crippen molar-refractivity contribution in [2.75, 3.05) is 13.2 Å². The molecule has 1 amide bonds. The van der Waals surface area contributed by atoms with Gasteiger partial charge in [0, 0.05) is 17.7 Å². The number of aromatic nitrogens is 2. The molecular weight excluding hydrogens is 361 g/mol. The smallest absolute Gasteiger partial charge is 0.273 e. The lowest BCUT2D eigenvalue weighted by Crippen LogP contribution is -2.32. The number of β-amino-alcohol motifs (C(OH)–C–C–N with tert-alkyl or cyclic N) is 1. The van der Waals surface area contributed by atoms with Crippen molar-refractivity contribution >= 4 is 5.91 Å². The molecule has 6 nitrogen and oxygen atoms in total. The number of phenolic OH excluding ortho intramolecular Hbond substituents is 1. The van der Waals surface area contributed by atoms with Crippen LogP contribution in [0.4, 0.5) is 4.39 Å². The van der Waals surface area contributed by atoms with Gasteiger partial charge in [-0.1, -0.05) is 18.2 Å². The number of aromatic amines is 1. The fraction of sp³-hybridized carbons (Fsp3) is 0.238. The predicted octanol–water partition coefficient (Wildman–Crippen LogP) is 3.08. The zero-order valence-corrected chi connectivity index (χ0v) is 15.5. The summed E-state index contributed by atoms with van der Waals surface area (Å²) < 4.78 is 13.4. The van der Waals surface area contributed by atoms with E-state index in [0.717, 1.165) is 11.1 Å². The normalized spacial score (nSPS) is 15.9. The topological polar surface area (TPSA) is 89.5 Å². The van der Waals surface area contributed by atoms with E-state index in [0.29, 0.717) is 28.1 Å². The lowest BCUT2D eigenvalue weighted by molar-refractivity contribution is 0.0706. The van der Waals surface area contributed by atoms with Crippen molar-refractivity contribution in [3.05, 3.63) is 70.2 Å². The van der Waals surface area contributed by atoms with Gasteiger partial charge in [0.1, 0.15) is 23.0 Å². The molecule has 0 spiro atoms. The van der Waals surface area contributed by atoms with Crippen LogP contribution in [-0.2, 0) is 0 Å². The van der Waals surface area contributed by atoms with E-state index >= 15 is 0 Å². The Balaban J connectivity index is 1.94. The number of phenols is 1. The molecular formula is C21H20FN3O3. The molecule has 1 aliphatic heterocycles. The molecule has 0 unspecified atom stereocenters. The lowest BCUT2D eigenvalue weighted by Gasteiger charge is -2.25. The molecule has 4 rings (SSSR count). The first-order valence-electron chi connectivity index (χ1n) is 8.98. The second kappa shape index (κ2) is 6.76. The molecule has 3 N–H and O–H groups in total. The summed E-state index contributed by atoms with van der Waals surface area (Å²) in [6, 6.07) is 8.96. The summed E-state index contributed by atoms with van der Waals surface area (Å²) in [5.41, 5.74) is 4.41. The van der Waals surface area contributed by atoms with Crippen molar-refractivity contribution in [2.45, 2.75) is 19.9 Å². The number of hydrogen-bond acceptors (Lipinski definition) is 4. The fourth-order valence-corrected chi connectivity index (χ4v) is 3.97. The van der Waals surface area contributed by atoms with Gasteiger partial charge in [-0.2, -0.15) is 5.10 Å². The number of nitrogens with one attached hydrogen (secondary N) is 1. The molecule has 1 aliphatic rings. The van der Waals surface area contributed by atoms with Crippen molar-refractivity contribution < 1.29 is 19.4 Å². The highest BCUT2D eigenvalue weighted by Gasteiger charge is 2.42. The number of amides is 1. The van der Waals surface area contributed by atoms with Crippen LogP contribution in [0, 0.1) is 19.7 Å². The first-order valence-corrected chi connectivity index (χ1v) is 8.98. The first kappa shape index (κ1) is 18.2. The van der Waals surface area contributed by atoms with E-state index in [1.54, 1.807) is 18.2 Å². The number of aromatic hydroxyl groups is 1. The molecule has 3 aromatic rings. The Kier molecular flexibility index (Phi) is 4.39. The van der Waals surface area contributed by atoms with E-state index in [1.165, 1.54) is 17.0 Å². The van der Waals surface area contributed by atoms with Gasteiger partial charge >= 0.3 is 0 Å². The fourth-order valence-electron chi connectivity index (χ4n) is 3.97. The Hall–Kier alpha value is -3.19. The van der Waals surface area contributed by atoms with Gasteiger partial charge in [0.25, 0.3) is 5.91 Å². The molecule has 0 saturated heterocycles. The van der Waals surface area contributed by atoms with Crippen LogP contribution in [0.5, 0.6) is 5.75 Å². The molecule has 0 fully saturated rings. The van der Waals surface area contributed by atoms with E-state index < -0.39 is 6.04 Å². The van der Waals surface area contributed by atoms with Crippen LogP contribution < -0.4 is 0 Å². The average Bonchev–Trinajstić information content (AvgIpc) is 3.16. The van der Waals surface area contributed by atoms with Crippen LogP contribution in [0.15, 0.2) is 36.4 Å². The van der Waals surface area contributed by atoms with Crippen LogP contribution in [0.25, 0.3) is 11.3 Å². The second-order valence-corrected chi connectivity index (χ2v) is 7.01. The number of carbonyl (C=O) groups excluding carboxylic acids is 1. The molecule has 28 heavy (non-hydrogen) atoms. The molecule has 1 aromatic heterocycles. The van der Waals surface area contributed by atoms with Gasteiger partial charge in [-0.15, -0.1) is 0 Å². The minimum Gasteiger partial charge on any atom is -0.507 e. The van der Waals surface area contributed by atoms with Crippen molar-refractivity contribution in [3.8, 4) is 17.0 Å². The SMILES string of the molecule is Cc1cc(C)c(-c2n[nH]c3c2[C@H](c2ccc(F)cc2)N(CCO)C3=O)c(O)c1. The van der Waals surface area contributed by atoms with E-state index in [-0.39, 0.29) is 30.6 Å². The maximum absolute atomic E-state index is 13.4. The number of halogens is 1. The van der Waals surface area contributed by atoms with Crippen LogP contribution in [-0.4, -0.2) is 44.4 Å². The Morgan fingerprint density at radius 3 is 2.57 bits per heavy atom. The maximum atomic E-state index is 13.4. The number of aliphatic hydroxyl groups is 1. The maximum Gasteiger partial charge on any atom is 0.273 e. The first-order chi connectivity index (χ1) is 13.4. The zero-order valence-electron chi connectivity index (χ0n) is 15.5. The van der Waals surface area contributed by atoms with Gasteiger partial charge in [0.15, 0.2) is 0 Å². The third-order valence-electron chi connectivity index (χ3n) is 5.09. The summed E-state index contributed by atoms with van der Waals surface area (Å²) in [7, 11) is 0. The van der Waals surface area contributed by atoms with Crippen LogP contribution >= 0.6 is 0 Å². The largest absolute Gasteiger partial charge is 0.507 e. The standard InChI is InChI=1S/C21H20FN3O3/c1-11-9-12(2)16(15(27)10-11)18-17-19(24-23-18)21(28)25(7-8-26)20(17)13-3-5-14(22)6-4-13/h3-6,9-10,20,26-27H,7-8H2,1-2H3,(H,23,24)/t20-/m0/s1. The van der Waals surface area contributed by atoms with Crippen LogP contribution in [0.2, 0.25) is 0 Å². The number of H-pyrrole nitrogens is 1. The lowest BCUT2D eigenvalue weighted by atomic mass is 9.93. The van der Waals surface area contributed by atoms with Crippen molar-refractivity contribution in [3.63, 3.8) is 0 Å². The third-order valence-corrected chi connectivity index (χ3v) is 5.09. The predicted molar refractivity (Wildman–Crippen MR) is 102 cm³/mol. The van der Waals surface area contributed by atoms with E-state index in [1.807, 2.05) is 19.9 Å². The molecule has 1 atom stereocenters. The summed E-state index contributed by atoms with van der Waals surface area (Å²) in [6.45, 7) is 3.69. The number of aryl methyl sites for hydroxylation is 2. The minimum absolute atomic E-state index is 0.0812. The van der Waals surface area contributed by atoms with Crippen LogP contribution in [0.3, 0.4) is 0 Å². The molecule has 144 valence electrons. The summed E-state index contributed by atoms with van der Waals surface area (Å²) in [5.74, 6) is -0.583. The van der Waals surface area contributed by atoms with Gasteiger partial charge in [-0.3, -0.25) is 9.89 Å². The number of carbonyl (C=O) groups is 1. The summed E-state index contributed by atoms with van der Waals surface area (Å²) >= 11 is 0. The average molecular weight is 381 g/mol. The van der Waals surface area contributed by atoms with E-state index in [2.05, 4.69) is 10.2 Å². The number of nitrogens with zero attached hydrogens (tertiary/aromatic N) is 2. The Morgan fingerprint density at radius 1 is 1.21 bits per heavy atom. The van der Waals surface area contributed by atoms with E-state index in [4.69, 9.17) is 0 Å². The van der Waals surface area contributed by atoms with Gasteiger partial charge in [-0.05, 0) is 48.7 Å². The van der Waals surface area contributed by atoms with Crippen molar-refractivity contribution in [2.24, 2.45) is 0 Å². The van der Waals surface area contributed by atoms with Crippen molar-refractivity contribution in [1.82, 2.24) is 15.1 Å². The zero-order chi connectivity index (χ0) is 20.0. The molecule has 2 aromatic carbocycles. The summed E-state index contributed by atoms with van der Waals surface area (Å²) in [4.78, 5) is 14.4. The number of aliphatic hydroxyl groups excluding tert-OH is 1.